The van der Waals surface area contributed by atoms with Crippen molar-refractivity contribution in [2.75, 3.05) is 0 Å². The number of carboxylic acids is 1. The number of hydrogen-bond donors (Lipinski definition) is 2. The molecule has 0 heterocycles. The molecule has 23 heavy (non-hydrogen) atoms. The molecule has 0 aromatic rings. The van der Waals surface area contributed by atoms with Gasteiger partial charge in [0.05, 0.1) is 6.10 Å². The first-order valence-electron chi connectivity index (χ1n) is 8.74. The minimum absolute atomic E-state index is 0.101. The minimum Gasteiger partial charge on any atom is -0.478 e. The highest BCUT2D eigenvalue weighted by atomic mass is 16.4. The zero-order valence-electron chi connectivity index (χ0n) is 14.4. The molecule has 0 spiro atoms. The van der Waals surface area contributed by atoms with Gasteiger partial charge in [0, 0.05) is 6.08 Å². The van der Waals surface area contributed by atoms with Crippen molar-refractivity contribution in [3.8, 4) is 0 Å². The lowest BCUT2D eigenvalue weighted by Crippen LogP contribution is -2.03. The zero-order valence-corrected chi connectivity index (χ0v) is 14.4. The van der Waals surface area contributed by atoms with E-state index >= 15 is 0 Å². The predicted octanol–water partition coefficient (Wildman–Crippen LogP) is 5.19. The maximum absolute atomic E-state index is 10.2. The first-order valence-corrected chi connectivity index (χ1v) is 8.74. The van der Waals surface area contributed by atoms with Gasteiger partial charge in [-0.1, -0.05) is 81.6 Å². The van der Waals surface area contributed by atoms with Crippen LogP contribution in [0.3, 0.4) is 0 Å². The van der Waals surface area contributed by atoms with Crippen LogP contribution in [0, 0.1) is 0 Å². The van der Waals surface area contributed by atoms with E-state index in [0.717, 1.165) is 31.8 Å². The lowest BCUT2D eigenvalue weighted by atomic mass is 10.1. The van der Waals surface area contributed by atoms with E-state index in [2.05, 4.69) is 6.08 Å². The molecule has 0 aromatic heterocycles. The first kappa shape index (κ1) is 21.4. The van der Waals surface area contributed by atoms with E-state index in [9.17, 15) is 9.90 Å². The van der Waals surface area contributed by atoms with E-state index < -0.39 is 5.97 Å². The highest BCUT2D eigenvalue weighted by Gasteiger charge is 1.99. The van der Waals surface area contributed by atoms with Crippen molar-refractivity contribution in [2.24, 2.45) is 0 Å². The van der Waals surface area contributed by atoms with E-state index in [1.165, 1.54) is 38.2 Å². The van der Waals surface area contributed by atoms with Crippen molar-refractivity contribution < 1.29 is 15.0 Å². The second kappa shape index (κ2) is 16.8. The van der Waals surface area contributed by atoms with Gasteiger partial charge >= 0.3 is 5.97 Å². The van der Waals surface area contributed by atoms with Crippen molar-refractivity contribution in [1.29, 1.82) is 0 Å². The summed E-state index contributed by atoms with van der Waals surface area (Å²) >= 11 is 0. The quantitative estimate of drug-likeness (QED) is 0.263. The highest BCUT2D eigenvalue weighted by molar-refractivity contribution is 5.80. The van der Waals surface area contributed by atoms with Gasteiger partial charge in [0.2, 0.25) is 0 Å². The molecule has 130 valence electrons. The van der Waals surface area contributed by atoms with Crippen molar-refractivity contribution >= 4 is 5.97 Å². The molecule has 0 rings (SSSR count). The number of rotatable bonds is 14. The van der Waals surface area contributed by atoms with Crippen LogP contribution in [0.5, 0.6) is 0 Å². The van der Waals surface area contributed by atoms with Crippen molar-refractivity contribution in [1.82, 2.24) is 0 Å². The molecule has 1 atom stereocenters. The molecule has 0 saturated heterocycles. The number of aliphatic hydroxyl groups excluding tert-OH is 1. The van der Waals surface area contributed by atoms with Gasteiger partial charge in [-0.05, 0) is 25.7 Å². The molecule has 0 aliphatic rings. The molecule has 2 N–H and O–H groups in total. The third kappa shape index (κ3) is 18.3. The van der Waals surface area contributed by atoms with Crippen LogP contribution in [-0.2, 0) is 4.79 Å². The van der Waals surface area contributed by atoms with Crippen LogP contribution in [-0.4, -0.2) is 22.3 Å². The number of hydrogen-bond acceptors (Lipinski definition) is 2. The predicted molar refractivity (Wildman–Crippen MR) is 97.4 cm³/mol. The van der Waals surface area contributed by atoms with E-state index in [1.54, 1.807) is 12.2 Å². The minimum atomic E-state index is -0.933. The number of aliphatic hydroxyl groups is 1. The monoisotopic (exact) mass is 320 g/mol. The van der Waals surface area contributed by atoms with E-state index in [1.807, 2.05) is 25.2 Å². The summed E-state index contributed by atoms with van der Waals surface area (Å²) in [6, 6.07) is 0. The summed E-state index contributed by atoms with van der Waals surface area (Å²) in [6.07, 6.45) is 24.4. The topological polar surface area (TPSA) is 57.5 Å². The summed E-state index contributed by atoms with van der Waals surface area (Å²) in [5, 5.41) is 17.8. The molecule has 0 fully saturated rings. The Morgan fingerprint density at radius 2 is 1.43 bits per heavy atom. The van der Waals surface area contributed by atoms with Crippen LogP contribution in [0.15, 0.2) is 48.6 Å². The Bertz CT molecular complexity index is 392. The summed E-state index contributed by atoms with van der Waals surface area (Å²) in [7, 11) is 0. The third-order valence-electron chi connectivity index (χ3n) is 3.56. The summed E-state index contributed by atoms with van der Waals surface area (Å²) < 4.78 is 0. The highest BCUT2D eigenvalue weighted by Crippen LogP contribution is 2.11. The average molecular weight is 320 g/mol. The van der Waals surface area contributed by atoms with Crippen LogP contribution in [0.2, 0.25) is 0 Å². The van der Waals surface area contributed by atoms with Gasteiger partial charge in [-0.15, -0.1) is 0 Å². The zero-order chi connectivity index (χ0) is 17.2. The second-order valence-electron chi connectivity index (χ2n) is 5.66. The Morgan fingerprint density at radius 1 is 0.870 bits per heavy atom. The first-order chi connectivity index (χ1) is 11.2. The lowest BCUT2D eigenvalue weighted by Gasteiger charge is -2.06. The fourth-order valence-electron chi connectivity index (χ4n) is 2.12. The van der Waals surface area contributed by atoms with E-state index in [0.29, 0.717) is 0 Å². The van der Waals surface area contributed by atoms with E-state index in [-0.39, 0.29) is 6.10 Å². The van der Waals surface area contributed by atoms with Crippen LogP contribution in [0.4, 0.5) is 0 Å². The smallest absolute Gasteiger partial charge is 0.328 e. The Labute approximate surface area is 141 Å². The molecule has 0 amide bonds. The summed E-state index contributed by atoms with van der Waals surface area (Å²) in [5.74, 6) is -0.933. The van der Waals surface area contributed by atoms with Gasteiger partial charge in [-0.3, -0.25) is 0 Å². The van der Waals surface area contributed by atoms with Gasteiger partial charge in [-0.2, -0.15) is 0 Å². The number of allylic oxidation sites excluding steroid dienone is 7. The fourth-order valence-corrected chi connectivity index (χ4v) is 2.12. The van der Waals surface area contributed by atoms with Gasteiger partial charge in [0.15, 0.2) is 0 Å². The molecule has 0 aliphatic carbocycles. The molecule has 3 nitrogen and oxygen atoms in total. The molecular formula is C20H32O3. The van der Waals surface area contributed by atoms with Crippen LogP contribution < -0.4 is 0 Å². The van der Waals surface area contributed by atoms with Crippen molar-refractivity contribution in [2.45, 2.75) is 70.8 Å². The standard InChI is InChI=1S/C20H32O3/c1-2-19(21)17-15-13-11-9-7-5-3-4-6-8-10-12-14-16-18-20(22)23/h4,6,8,10,12,14,16,18-19,21H,2-3,5,7,9,11,13,15,17H2,1H3,(H,22,23)/b6-4+,10-8+,14-12+,18-16+. The normalized spacial score (nSPS) is 13.8. The van der Waals surface area contributed by atoms with Gasteiger partial charge in [-0.25, -0.2) is 4.79 Å². The fraction of sp³-hybridized carbons (Fsp3) is 0.550. The lowest BCUT2D eigenvalue weighted by molar-refractivity contribution is -0.131. The van der Waals surface area contributed by atoms with Gasteiger partial charge < -0.3 is 10.2 Å². The summed E-state index contributed by atoms with van der Waals surface area (Å²) in [6.45, 7) is 2.03. The molecule has 0 aliphatic heterocycles. The second-order valence-corrected chi connectivity index (χ2v) is 5.66. The van der Waals surface area contributed by atoms with Crippen molar-refractivity contribution in [3.63, 3.8) is 0 Å². The Balaban J connectivity index is 3.39. The Kier molecular flexibility index (Phi) is 15.6. The number of unbranched alkanes of at least 4 members (excludes halogenated alkanes) is 6. The largest absolute Gasteiger partial charge is 0.478 e. The number of carboxylic acid groups (broad SMARTS) is 1. The molecule has 0 radical (unpaired) electrons. The maximum Gasteiger partial charge on any atom is 0.328 e. The molecule has 1 unspecified atom stereocenters. The third-order valence-corrected chi connectivity index (χ3v) is 3.56. The molecule has 0 aromatic carbocycles. The number of carbonyl (C=O) groups is 1. The number of aliphatic carboxylic acids is 1. The van der Waals surface area contributed by atoms with Gasteiger partial charge in [0.1, 0.15) is 0 Å². The maximum atomic E-state index is 10.2. The Morgan fingerprint density at radius 3 is 2.09 bits per heavy atom. The molecule has 3 heteroatoms. The molecule has 0 saturated carbocycles. The molecule has 0 bridgehead atoms. The summed E-state index contributed by atoms with van der Waals surface area (Å²) in [5.41, 5.74) is 0. The van der Waals surface area contributed by atoms with Crippen LogP contribution in [0.25, 0.3) is 0 Å². The SMILES string of the molecule is CCC(O)CCCCCCCC/C=C/C=C/C=C/C=C/C(=O)O. The Hall–Kier alpha value is -1.61. The van der Waals surface area contributed by atoms with Gasteiger partial charge in [0.25, 0.3) is 0 Å². The molecular weight excluding hydrogens is 288 g/mol. The van der Waals surface area contributed by atoms with Crippen LogP contribution >= 0.6 is 0 Å². The average Bonchev–Trinajstić information content (AvgIpc) is 2.53. The van der Waals surface area contributed by atoms with Crippen molar-refractivity contribution in [3.05, 3.63) is 48.6 Å². The van der Waals surface area contributed by atoms with E-state index in [4.69, 9.17) is 5.11 Å². The summed E-state index contributed by atoms with van der Waals surface area (Å²) in [4.78, 5) is 10.2. The van der Waals surface area contributed by atoms with Crippen LogP contribution in [0.1, 0.15) is 64.7 Å².